The lowest BCUT2D eigenvalue weighted by molar-refractivity contribution is -0.129. The lowest BCUT2D eigenvalue weighted by Crippen LogP contribution is -2.31. The van der Waals surface area contributed by atoms with E-state index in [9.17, 15) is 18.0 Å². The molecule has 0 fully saturated rings. The zero-order valence-corrected chi connectivity index (χ0v) is 14.4. The number of thiazole rings is 1. The molecule has 1 aromatic heterocycles. The summed E-state index contributed by atoms with van der Waals surface area (Å²) in [5.41, 5.74) is 2.11. The number of fused-ring (bicyclic) bond motifs is 1. The molecule has 2 heterocycles. The smallest absolute Gasteiger partial charge is 0.337 e. The number of amides is 1. The minimum atomic E-state index is -3.72. The topological polar surface area (TPSA) is 93.6 Å². The van der Waals surface area contributed by atoms with Gasteiger partial charge in [-0.3, -0.25) is 4.79 Å². The number of aromatic nitrogens is 1. The summed E-state index contributed by atoms with van der Waals surface area (Å²) in [6, 6.07) is 5.05. The van der Waals surface area contributed by atoms with Crippen molar-refractivity contribution in [1.29, 1.82) is 0 Å². The third-order valence-electron chi connectivity index (χ3n) is 3.69. The second kappa shape index (κ2) is 6.33. The zero-order chi connectivity index (χ0) is 17.3. The van der Waals surface area contributed by atoms with Crippen LogP contribution in [-0.4, -0.2) is 43.0 Å². The Kier molecular flexibility index (Phi) is 4.37. The molecule has 0 radical (unpaired) electrons. The first-order chi connectivity index (χ1) is 11.4. The van der Waals surface area contributed by atoms with E-state index in [-0.39, 0.29) is 10.9 Å². The molecule has 9 heteroatoms. The van der Waals surface area contributed by atoms with Crippen molar-refractivity contribution < 1.29 is 22.7 Å². The highest BCUT2D eigenvalue weighted by atomic mass is 32.2. The van der Waals surface area contributed by atoms with Gasteiger partial charge in [-0.1, -0.05) is 6.07 Å². The van der Waals surface area contributed by atoms with Crippen LogP contribution in [0.15, 0.2) is 34.1 Å². The Bertz CT molecular complexity index is 891. The van der Waals surface area contributed by atoms with Gasteiger partial charge < -0.3 is 9.64 Å². The number of sulfone groups is 1. The number of hydrogen-bond acceptors (Lipinski definition) is 7. The SMILES string of the molecule is COC(=O)c1ccc2c(c1)CN(C(=O)CS(=O)(=O)c1nccs1)C2. The van der Waals surface area contributed by atoms with Crippen molar-refractivity contribution >= 4 is 33.1 Å². The summed E-state index contributed by atoms with van der Waals surface area (Å²) in [7, 11) is -2.42. The number of nitrogens with zero attached hydrogens (tertiary/aromatic N) is 2. The lowest BCUT2D eigenvalue weighted by atomic mass is 10.1. The van der Waals surface area contributed by atoms with E-state index in [1.54, 1.807) is 23.6 Å². The van der Waals surface area contributed by atoms with Gasteiger partial charge in [0, 0.05) is 24.7 Å². The molecule has 0 spiro atoms. The van der Waals surface area contributed by atoms with Crippen LogP contribution in [-0.2, 0) is 32.5 Å². The summed E-state index contributed by atoms with van der Waals surface area (Å²) < 4.78 is 28.9. The van der Waals surface area contributed by atoms with E-state index in [1.165, 1.54) is 18.2 Å². The Morgan fingerprint density at radius 3 is 2.71 bits per heavy atom. The predicted octanol–water partition coefficient (Wildman–Crippen LogP) is 1.25. The molecule has 24 heavy (non-hydrogen) atoms. The molecule has 0 saturated heterocycles. The van der Waals surface area contributed by atoms with Crippen LogP contribution in [0.2, 0.25) is 0 Å². The van der Waals surface area contributed by atoms with Gasteiger partial charge in [-0.2, -0.15) is 0 Å². The van der Waals surface area contributed by atoms with Gasteiger partial charge in [0.25, 0.3) is 0 Å². The molecular weight excluding hydrogens is 352 g/mol. The number of carbonyl (C=O) groups is 2. The van der Waals surface area contributed by atoms with Crippen molar-refractivity contribution in [2.24, 2.45) is 0 Å². The van der Waals surface area contributed by atoms with E-state index >= 15 is 0 Å². The predicted molar refractivity (Wildman–Crippen MR) is 86.2 cm³/mol. The van der Waals surface area contributed by atoms with Crippen molar-refractivity contribution in [3.8, 4) is 0 Å². The molecule has 0 aliphatic carbocycles. The Labute approximate surface area is 142 Å². The van der Waals surface area contributed by atoms with Crippen LogP contribution in [0.5, 0.6) is 0 Å². The fraction of sp³-hybridized carbons (Fsp3) is 0.267. The summed E-state index contributed by atoms with van der Waals surface area (Å²) >= 11 is 0.988. The fourth-order valence-corrected chi connectivity index (χ4v) is 4.64. The Morgan fingerprint density at radius 2 is 2.04 bits per heavy atom. The fourth-order valence-electron chi connectivity index (χ4n) is 2.50. The molecule has 2 aromatic rings. The first kappa shape index (κ1) is 16.6. The highest BCUT2D eigenvalue weighted by molar-refractivity contribution is 7.93. The van der Waals surface area contributed by atoms with Crippen LogP contribution < -0.4 is 0 Å². The van der Waals surface area contributed by atoms with Crippen molar-refractivity contribution in [1.82, 2.24) is 9.88 Å². The maximum Gasteiger partial charge on any atom is 0.337 e. The second-order valence-electron chi connectivity index (χ2n) is 5.28. The zero-order valence-electron chi connectivity index (χ0n) is 12.8. The second-order valence-corrected chi connectivity index (χ2v) is 8.34. The molecule has 0 unspecified atom stereocenters. The third kappa shape index (κ3) is 3.17. The average molecular weight is 366 g/mol. The maximum atomic E-state index is 12.3. The number of esters is 1. The van der Waals surface area contributed by atoms with Crippen LogP contribution in [0.4, 0.5) is 0 Å². The van der Waals surface area contributed by atoms with E-state index in [1.807, 2.05) is 0 Å². The van der Waals surface area contributed by atoms with Gasteiger partial charge in [-0.15, -0.1) is 11.3 Å². The van der Waals surface area contributed by atoms with Crippen LogP contribution in [0.25, 0.3) is 0 Å². The van der Waals surface area contributed by atoms with Crippen molar-refractivity contribution in [3.05, 3.63) is 46.5 Å². The van der Waals surface area contributed by atoms with Crippen LogP contribution in [0.3, 0.4) is 0 Å². The molecule has 7 nitrogen and oxygen atoms in total. The number of hydrogen-bond donors (Lipinski definition) is 0. The quantitative estimate of drug-likeness (QED) is 0.756. The van der Waals surface area contributed by atoms with E-state index in [0.717, 1.165) is 22.5 Å². The van der Waals surface area contributed by atoms with Gasteiger partial charge in [0.2, 0.25) is 20.1 Å². The summed E-state index contributed by atoms with van der Waals surface area (Å²) in [6.07, 6.45) is 1.39. The average Bonchev–Trinajstić information content (AvgIpc) is 3.22. The molecule has 126 valence electrons. The molecular formula is C15H14N2O5S2. The van der Waals surface area contributed by atoms with Crippen molar-refractivity contribution in [2.45, 2.75) is 17.4 Å². The van der Waals surface area contributed by atoms with Crippen LogP contribution in [0, 0.1) is 0 Å². The molecule has 0 saturated carbocycles. The van der Waals surface area contributed by atoms with Crippen LogP contribution >= 0.6 is 11.3 Å². The Balaban J connectivity index is 1.73. The van der Waals surface area contributed by atoms with E-state index < -0.39 is 27.5 Å². The summed E-state index contributed by atoms with van der Waals surface area (Å²) in [5, 5.41) is 1.55. The molecule has 0 bridgehead atoms. The summed E-state index contributed by atoms with van der Waals surface area (Å²) in [6.45, 7) is 0.593. The molecule has 1 aromatic carbocycles. The minimum absolute atomic E-state index is 0.0551. The molecule has 1 amide bonds. The van der Waals surface area contributed by atoms with Gasteiger partial charge in [-0.05, 0) is 23.3 Å². The summed E-state index contributed by atoms with van der Waals surface area (Å²) in [5.74, 6) is -1.55. The highest BCUT2D eigenvalue weighted by Crippen LogP contribution is 2.25. The van der Waals surface area contributed by atoms with Gasteiger partial charge >= 0.3 is 5.97 Å². The van der Waals surface area contributed by atoms with E-state index in [2.05, 4.69) is 9.72 Å². The number of methoxy groups -OCH3 is 1. The van der Waals surface area contributed by atoms with Gasteiger partial charge in [0.1, 0.15) is 5.75 Å². The molecule has 1 aliphatic heterocycles. The number of carbonyl (C=O) groups excluding carboxylic acids is 2. The molecule has 3 rings (SSSR count). The first-order valence-corrected chi connectivity index (χ1v) is 9.54. The van der Waals surface area contributed by atoms with Crippen molar-refractivity contribution in [3.63, 3.8) is 0 Å². The molecule has 0 N–H and O–H groups in total. The largest absolute Gasteiger partial charge is 0.465 e. The highest BCUT2D eigenvalue weighted by Gasteiger charge is 2.29. The Hall–Kier alpha value is -2.26. The minimum Gasteiger partial charge on any atom is -0.465 e. The van der Waals surface area contributed by atoms with Gasteiger partial charge in [0.15, 0.2) is 0 Å². The number of ether oxygens (including phenoxy) is 1. The van der Waals surface area contributed by atoms with E-state index in [4.69, 9.17) is 0 Å². The van der Waals surface area contributed by atoms with Crippen molar-refractivity contribution in [2.75, 3.05) is 12.9 Å². The lowest BCUT2D eigenvalue weighted by Gasteiger charge is -2.14. The van der Waals surface area contributed by atoms with Gasteiger partial charge in [0.05, 0.1) is 12.7 Å². The number of benzene rings is 1. The van der Waals surface area contributed by atoms with Gasteiger partial charge in [-0.25, -0.2) is 18.2 Å². The maximum absolute atomic E-state index is 12.3. The Morgan fingerprint density at radius 1 is 1.29 bits per heavy atom. The molecule has 1 aliphatic rings. The normalized spacial score (nSPS) is 13.6. The summed E-state index contributed by atoms with van der Waals surface area (Å²) in [4.78, 5) is 29.1. The van der Waals surface area contributed by atoms with E-state index in [0.29, 0.717) is 12.1 Å². The van der Waals surface area contributed by atoms with Crippen LogP contribution in [0.1, 0.15) is 21.5 Å². The first-order valence-electron chi connectivity index (χ1n) is 7.01. The molecule has 0 atom stereocenters. The third-order valence-corrected chi connectivity index (χ3v) is 6.57. The standard InChI is InChI=1S/C15H14N2O5S2/c1-22-14(19)10-2-3-11-7-17(8-12(11)6-10)13(18)9-24(20,21)15-16-4-5-23-15/h2-6H,7-9H2,1H3. The monoisotopic (exact) mass is 366 g/mol. The number of rotatable bonds is 4.